The Labute approximate surface area is 159 Å². The Morgan fingerprint density at radius 2 is 1.85 bits per heavy atom. The molecule has 27 heavy (non-hydrogen) atoms. The molecule has 1 heterocycles. The Morgan fingerprint density at radius 3 is 2.48 bits per heavy atom. The molecule has 0 spiro atoms. The van der Waals surface area contributed by atoms with Crippen molar-refractivity contribution in [2.24, 2.45) is 0 Å². The molecule has 3 rings (SSSR count). The number of carbonyl (C=O) groups is 1. The van der Waals surface area contributed by atoms with Gasteiger partial charge in [0.25, 0.3) is 5.91 Å². The van der Waals surface area contributed by atoms with Gasteiger partial charge >= 0.3 is 0 Å². The second-order valence-corrected chi connectivity index (χ2v) is 6.47. The zero-order valence-electron chi connectivity index (χ0n) is 15.8. The minimum Gasteiger partial charge on any atom is -0.497 e. The molecule has 0 bridgehead atoms. The van der Waals surface area contributed by atoms with E-state index in [1.54, 1.807) is 24.2 Å². The number of aromatic nitrogens is 2. The molecule has 3 aromatic rings. The standard InChI is InChI=1S/C21H24N4O2/c1-24(2)20(16-9-11-19(27-3)12-10-16)14-22-21(26)17-13-23-25(15-17)18-7-5-4-6-8-18/h4-13,15,20H,14H2,1-3H3,(H,22,26). The first kappa shape index (κ1) is 18.7. The van der Waals surface area contributed by atoms with Crippen molar-refractivity contribution in [1.29, 1.82) is 0 Å². The molecule has 0 saturated carbocycles. The summed E-state index contributed by atoms with van der Waals surface area (Å²) in [5.74, 6) is 0.672. The summed E-state index contributed by atoms with van der Waals surface area (Å²) in [6.45, 7) is 0.495. The van der Waals surface area contributed by atoms with Gasteiger partial charge in [-0.05, 0) is 43.9 Å². The first-order valence-electron chi connectivity index (χ1n) is 8.77. The van der Waals surface area contributed by atoms with Crippen LogP contribution in [0.1, 0.15) is 22.0 Å². The van der Waals surface area contributed by atoms with E-state index in [0.29, 0.717) is 12.1 Å². The lowest BCUT2D eigenvalue weighted by Gasteiger charge is -2.25. The first-order valence-corrected chi connectivity index (χ1v) is 8.77. The second-order valence-electron chi connectivity index (χ2n) is 6.47. The lowest BCUT2D eigenvalue weighted by molar-refractivity contribution is 0.0942. The van der Waals surface area contributed by atoms with Crippen molar-refractivity contribution in [3.8, 4) is 11.4 Å². The highest BCUT2D eigenvalue weighted by molar-refractivity contribution is 5.93. The molecule has 0 radical (unpaired) electrons. The number of hydrogen-bond donors (Lipinski definition) is 1. The Balaban J connectivity index is 1.66. The molecule has 0 aliphatic heterocycles. The molecule has 1 unspecified atom stereocenters. The molecule has 1 amide bonds. The largest absolute Gasteiger partial charge is 0.497 e. The summed E-state index contributed by atoms with van der Waals surface area (Å²) >= 11 is 0. The number of nitrogens with zero attached hydrogens (tertiary/aromatic N) is 3. The summed E-state index contributed by atoms with van der Waals surface area (Å²) in [5, 5.41) is 7.29. The predicted molar refractivity (Wildman–Crippen MR) is 105 cm³/mol. The topological polar surface area (TPSA) is 59.4 Å². The molecule has 0 saturated heterocycles. The molecule has 6 nitrogen and oxygen atoms in total. The third kappa shape index (κ3) is 4.54. The molecule has 0 aliphatic carbocycles. The second kappa shape index (κ2) is 8.51. The van der Waals surface area contributed by atoms with E-state index in [9.17, 15) is 4.79 Å². The molecule has 140 valence electrons. The van der Waals surface area contributed by atoms with Gasteiger partial charge in [-0.3, -0.25) is 4.79 Å². The summed E-state index contributed by atoms with van der Waals surface area (Å²) in [4.78, 5) is 14.6. The van der Waals surface area contributed by atoms with Gasteiger partial charge in [0, 0.05) is 12.7 Å². The van der Waals surface area contributed by atoms with Crippen LogP contribution in [0.3, 0.4) is 0 Å². The smallest absolute Gasteiger partial charge is 0.254 e. The summed E-state index contributed by atoms with van der Waals surface area (Å²) in [5.41, 5.74) is 2.56. The summed E-state index contributed by atoms with van der Waals surface area (Å²) in [7, 11) is 5.64. The van der Waals surface area contributed by atoms with Crippen molar-refractivity contribution in [3.05, 3.63) is 78.1 Å². The number of hydrogen-bond acceptors (Lipinski definition) is 4. The van der Waals surface area contributed by atoms with Crippen molar-refractivity contribution in [3.63, 3.8) is 0 Å². The molecule has 1 atom stereocenters. The van der Waals surface area contributed by atoms with E-state index in [2.05, 4.69) is 15.3 Å². The molecule has 6 heteroatoms. The van der Waals surface area contributed by atoms with Gasteiger partial charge in [0.2, 0.25) is 0 Å². The third-order valence-electron chi connectivity index (χ3n) is 4.45. The number of carbonyl (C=O) groups excluding carboxylic acids is 1. The van der Waals surface area contributed by atoms with E-state index in [1.165, 1.54) is 0 Å². The quantitative estimate of drug-likeness (QED) is 0.700. The van der Waals surface area contributed by atoms with Crippen LogP contribution in [0.25, 0.3) is 5.69 Å². The predicted octanol–water partition coefficient (Wildman–Crippen LogP) is 2.91. The van der Waals surface area contributed by atoms with Gasteiger partial charge in [-0.2, -0.15) is 5.10 Å². The van der Waals surface area contributed by atoms with Crippen molar-refractivity contribution in [2.75, 3.05) is 27.7 Å². The van der Waals surface area contributed by atoms with Gasteiger partial charge in [0.1, 0.15) is 5.75 Å². The van der Waals surface area contributed by atoms with E-state index in [4.69, 9.17) is 4.74 Å². The van der Waals surface area contributed by atoms with Crippen LogP contribution in [0.5, 0.6) is 5.75 Å². The fraction of sp³-hybridized carbons (Fsp3) is 0.238. The van der Waals surface area contributed by atoms with Crippen molar-refractivity contribution < 1.29 is 9.53 Å². The van der Waals surface area contributed by atoms with Gasteiger partial charge in [0.15, 0.2) is 0 Å². The summed E-state index contributed by atoms with van der Waals surface area (Å²) in [6, 6.07) is 17.7. The van der Waals surface area contributed by atoms with Crippen molar-refractivity contribution in [2.45, 2.75) is 6.04 Å². The molecular weight excluding hydrogens is 340 g/mol. The number of nitrogens with one attached hydrogen (secondary N) is 1. The Bertz CT molecular complexity index is 873. The van der Waals surface area contributed by atoms with Gasteiger partial charge < -0.3 is 15.0 Å². The zero-order chi connectivity index (χ0) is 19.2. The Kier molecular flexibility index (Phi) is 5.88. The normalized spacial score (nSPS) is 12.0. The fourth-order valence-corrected chi connectivity index (χ4v) is 2.88. The summed E-state index contributed by atoms with van der Waals surface area (Å²) < 4.78 is 6.91. The average molecular weight is 364 g/mol. The molecule has 2 aromatic carbocycles. The molecule has 1 N–H and O–H groups in total. The number of methoxy groups -OCH3 is 1. The van der Waals surface area contributed by atoms with Gasteiger partial charge in [-0.25, -0.2) is 4.68 Å². The fourth-order valence-electron chi connectivity index (χ4n) is 2.88. The average Bonchev–Trinajstić information content (AvgIpc) is 3.19. The molecule has 1 aromatic heterocycles. The van der Waals surface area contributed by atoms with Crippen LogP contribution in [-0.4, -0.2) is 48.3 Å². The maximum absolute atomic E-state index is 12.5. The van der Waals surface area contributed by atoms with Crippen LogP contribution in [0.4, 0.5) is 0 Å². The highest BCUT2D eigenvalue weighted by Crippen LogP contribution is 2.21. The maximum Gasteiger partial charge on any atom is 0.254 e. The number of para-hydroxylation sites is 1. The van der Waals surface area contributed by atoms with E-state index < -0.39 is 0 Å². The Morgan fingerprint density at radius 1 is 1.15 bits per heavy atom. The minimum absolute atomic E-state index is 0.0593. The van der Waals surface area contributed by atoms with E-state index in [0.717, 1.165) is 17.0 Å². The summed E-state index contributed by atoms with van der Waals surface area (Å²) in [6.07, 6.45) is 3.32. The van der Waals surface area contributed by atoms with Crippen LogP contribution in [0.2, 0.25) is 0 Å². The van der Waals surface area contributed by atoms with Crippen LogP contribution in [0, 0.1) is 0 Å². The monoisotopic (exact) mass is 364 g/mol. The number of benzene rings is 2. The number of ether oxygens (including phenoxy) is 1. The van der Waals surface area contributed by atoms with Gasteiger partial charge in [0.05, 0.1) is 30.6 Å². The van der Waals surface area contributed by atoms with Crippen molar-refractivity contribution in [1.82, 2.24) is 20.0 Å². The highest BCUT2D eigenvalue weighted by atomic mass is 16.5. The highest BCUT2D eigenvalue weighted by Gasteiger charge is 2.17. The lowest BCUT2D eigenvalue weighted by atomic mass is 10.1. The van der Waals surface area contributed by atoms with E-state index >= 15 is 0 Å². The first-order chi connectivity index (χ1) is 13.1. The van der Waals surface area contributed by atoms with Crippen LogP contribution >= 0.6 is 0 Å². The SMILES string of the molecule is COc1ccc(C(CNC(=O)c2cnn(-c3ccccc3)c2)N(C)C)cc1. The molecule has 0 aliphatic rings. The number of amides is 1. The van der Waals surface area contributed by atoms with Crippen LogP contribution in [0.15, 0.2) is 67.0 Å². The number of likely N-dealkylation sites (N-methyl/N-ethyl adjacent to an activating group) is 1. The van der Waals surface area contributed by atoms with E-state index in [1.807, 2.05) is 68.7 Å². The molecular formula is C21H24N4O2. The minimum atomic E-state index is -0.141. The maximum atomic E-state index is 12.5. The Hall–Kier alpha value is -3.12. The van der Waals surface area contributed by atoms with Gasteiger partial charge in [-0.15, -0.1) is 0 Å². The molecule has 0 fully saturated rings. The third-order valence-corrected chi connectivity index (χ3v) is 4.45. The van der Waals surface area contributed by atoms with Crippen molar-refractivity contribution >= 4 is 5.91 Å². The zero-order valence-corrected chi connectivity index (χ0v) is 15.8. The lowest BCUT2D eigenvalue weighted by Crippen LogP contribution is -2.34. The van der Waals surface area contributed by atoms with E-state index in [-0.39, 0.29) is 11.9 Å². The van der Waals surface area contributed by atoms with Crippen LogP contribution in [-0.2, 0) is 0 Å². The van der Waals surface area contributed by atoms with Gasteiger partial charge in [-0.1, -0.05) is 30.3 Å². The van der Waals surface area contributed by atoms with Crippen LogP contribution < -0.4 is 10.1 Å². The number of rotatable bonds is 7.